The van der Waals surface area contributed by atoms with Gasteiger partial charge in [-0.25, -0.2) is 0 Å². The van der Waals surface area contributed by atoms with Crippen molar-refractivity contribution in [1.29, 1.82) is 0 Å². The van der Waals surface area contributed by atoms with Crippen LogP contribution in [0.3, 0.4) is 0 Å². The second kappa shape index (κ2) is 11.5. The van der Waals surface area contributed by atoms with E-state index in [2.05, 4.69) is 13.5 Å². The van der Waals surface area contributed by atoms with E-state index in [1.165, 1.54) is 0 Å². The van der Waals surface area contributed by atoms with Gasteiger partial charge in [0, 0.05) is 17.0 Å². The van der Waals surface area contributed by atoms with E-state index in [9.17, 15) is 0 Å². The standard InChI is InChI=1S/C6H12O.H3N.H2O4S/c1-3-5-7-6-4-2;;1-5(2,3)4/h3H,1,4-6H2,2H3;1H3;(H2,1,2,3,4)/p-1. The van der Waals surface area contributed by atoms with Crippen molar-refractivity contribution in [2.24, 2.45) is 0 Å². The monoisotopic (exact) mass is 214 g/mol. The Labute approximate surface area is 78.8 Å². The van der Waals surface area contributed by atoms with Crippen molar-refractivity contribution in [2.45, 2.75) is 13.3 Å². The Morgan fingerprint density at radius 3 is 2.08 bits per heavy atom. The van der Waals surface area contributed by atoms with Crippen molar-refractivity contribution in [3.63, 3.8) is 0 Å². The molecule has 0 bridgehead atoms. The molecule has 0 fully saturated rings. The summed E-state index contributed by atoms with van der Waals surface area (Å²) in [5, 5.41) is 0. The van der Waals surface area contributed by atoms with E-state index in [-0.39, 0.29) is 6.15 Å². The van der Waals surface area contributed by atoms with Crippen LogP contribution in [0.25, 0.3) is 0 Å². The van der Waals surface area contributed by atoms with Gasteiger partial charge in [-0.1, -0.05) is 13.0 Å². The van der Waals surface area contributed by atoms with Crippen molar-refractivity contribution in [1.82, 2.24) is 6.15 Å². The van der Waals surface area contributed by atoms with Gasteiger partial charge < -0.3 is 20.0 Å². The Morgan fingerprint density at radius 2 is 1.85 bits per heavy atom. The molecule has 0 aromatic carbocycles. The normalized spacial score (nSPS) is 9.15. The lowest BCUT2D eigenvalue weighted by atomic mass is 10.5. The fourth-order valence-corrected chi connectivity index (χ4v) is 0.311. The molecule has 0 heterocycles. The number of ether oxygens (including phenoxy) is 1. The first-order valence-electron chi connectivity index (χ1n) is 3.27. The summed E-state index contributed by atoms with van der Waals surface area (Å²) in [6, 6.07) is 0. The molecule has 0 spiro atoms. The molecule has 82 valence electrons. The third-order valence-electron chi connectivity index (χ3n) is 0.584. The van der Waals surface area contributed by atoms with Crippen molar-refractivity contribution in [2.75, 3.05) is 13.2 Å². The quantitative estimate of drug-likeness (QED) is 0.318. The average molecular weight is 214 g/mol. The van der Waals surface area contributed by atoms with Crippen molar-refractivity contribution in [3.05, 3.63) is 12.7 Å². The molecule has 0 aromatic rings. The molecule has 13 heavy (non-hydrogen) atoms. The van der Waals surface area contributed by atoms with E-state index >= 15 is 0 Å². The van der Waals surface area contributed by atoms with Gasteiger partial charge in [-0.05, 0) is 6.42 Å². The van der Waals surface area contributed by atoms with Gasteiger partial charge in [-0.3, -0.25) is 8.42 Å². The van der Waals surface area contributed by atoms with Gasteiger partial charge in [0.25, 0.3) is 0 Å². The molecule has 0 radical (unpaired) electrons. The van der Waals surface area contributed by atoms with E-state index in [1.807, 2.05) is 0 Å². The largest absolute Gasteiger partial charge is 0.759 e. The van der Waals surface area contributed by atoms with Crippen LogP contribution in [0.15, 0.2) is 12.7 Å². The average Bonchev–Trinajstić information content (AvgIpc) is 1.85. The highest BCUT2D eigenvalue weighted by Crippen LogP contribution is 1.77. The SMILES string of the molecule is C=CCOCCC.O=S(=O)([O-])[O-].[NH4+]. The molecule has 4 N–H and O–H groups in total. The van der Waals surface area contributed by atoms with Crippen LogP contribution in [0, 0.1) is 0 Å². The van der Waals surface area contributed by atoms with E-state index in [0.717, 1.165) is 13.0 Å². The second-order valence-electron chi connectivity index (χ2n) is 1.77. The first kappa shape index (κ1) is 18.3. The van der Waals surface area contributed by atoms with Crippen LogP contribution in [-0.4, -0.2) is 30.7 Å². The number of rotatable bonds is 4. The Morgan fingerprint density at radius 1 is 1.46 bits per heavy atom. The summed E-state index contributed by atoms with van der Waals surface area (Å²) in [5.74, 6) is 0. The number of hydrogen-bond donors (Lipinski definition) is 1. The molecule has 0 atom stereocenters. The topological polar surface area (TPSA) is 126 Å². The van der Waals surface area contributed by atoms with E-state index in [0.29, 0.717) is 6.61 Å². The van der Waals surface area contributed by atoms with E-state index in [4.69, 9.17) is 22.3 Å². The minimum Gasteiger partial charge on any atom is -0.759 e. The fourth-order valence-electron chi connectivity index (χ4n) is 0.311. The summed E-state index contributed by atoms with van der Waals surface area (Å²) in [4.78, 5) is 0. The van der Waals surface area contributed by atoms with Crippen LogP contribution in [-0.2, 0) is 15.1 Å². The van der Waals surface area contributed by atoms with Gasteiger partial charge in [0.15, 0.2) is 0 Å². The zero-order valence-electron chi connectivity index (χ0n) is 7.86. The number of hydrogen-bond acceptors (Lipinski definition) is 5. The van der Waals surface area contributed by atoms with Gasteiger partial charge >= 0.3 is 0 Å². The fraction of sp³-hybridized carbons (Fsp3) is 0.667. The zero-order valence-corrected chi connectivity index (χ0v) is 8.67. The first-order chi connectivity index (χ1) is 5.41. The molecule has 0 rings (SSSR count). The maximum absolute atomic E-state index is 8.52. The predicted molar refractivity (Wildman–Crippen MR) is 47.8 cm³/mol. The maximum atomic E-state index is 8.52. The highest BCUT2D eigenvalue weighted by atomic mass is 32.3. The molecule has 0 aromatic heterocycles. The highest BCUT2D eigenvalue weighted by Gasteiger charge is 1.74. The minimum atomic E-state index is -5.17. The summed E-state index contributed by atoms with van der Waals surface area (Å²) in [5.41, 5.74) is 0. The minimum absolute atomic E-state index is 0. The highest BCUT2D eigenvalue weighted by molar-refractivity contribution is 7.79. The van der Waals surface area contributed by atoms with Crippen molar-refractivity contribution in [3.8, 4) is 0 Å². The zero-order chi connectivity index (χ0) is 10.0. The second-order valence-corrected chi connectivity index (χ2v) is 2.59. The molecule has 0 aliphatic heterocycles. The van der Waals surface area contributed by atoms with Gasteiger partial charge in [0.2, 0.25) is 0 Å². The van der Waals surface area contributed by atoms with Crippen molar-refractivity contribution >= 4 is 10.4 Å². The van der Waals surface area contributed by atoms with E-state index in [1.54, 1.807) is 6.08 Å². The van der Waals surface area contributed by atoms with Gasteiger partial charge in [-0.15, -0.1) is 6.58 Å². The van der Waals surface area contributed by atoms with Crippen LogP contribution < -0.4 is 6.15 Å². The molecule has 6 nitrogen and oxygen atoms in total. The van der Waals surface area contributed by atoms with Gasteiger partial charge in [-0.2, -0.15) is 0 Å². The van der Waals surface area contributed by atoms with Crippen LogP contribution in [0.2, 0.25) is 0 Å². The smallest absolute Gasteiger partial charge is 0.0644 e. The molecule has 0 saturated carbocycles. The molecular weight excluding hydrogens is 198 g/mol. The van der Waals surface area contributed by atoms with Crippen LogP contribution in [0.5, 0.6) is 0 Å². The Balaban J connectivity index is -0.000000150. The van der Waals surface area contributed by atoms with Gasteiger partial charge in [0.1, 0.15) is 0 Å². The maximum Gasteiger partial charge on any atom is 0.0644 e. The van der Waals surface area contributed by atoms with Crippen LogP contribution in [0.4, 0.5) is 0 Å². The molecule has 0 aliphatic rings. The summed E-state index contributed by atoms with van der Waals surface area (Å²) in [7, 11) is -5.17. The third-order valence-corrected chi connectivity index (χ3v) is 0.584. The molecule has 0 saturated heterocycles. The Bertz CT molecular complexity index is 181. The lowest BCUT2D eigenvalue weighted by Gasteiger charge is -2.06. The molecule has 0 aliphatic carbocycles. The predicted octanol–water partition coefficient (Wildman–Crippen LogP) is 0.637. The Kier molecular flexibility index (Phi) is 16.3. The van der Waals surface area contributed by atoms with Gasteiger partial charge in [0.05, 0.1) is 6.61 Å². The van der Waals surface area contributed by atoms with Crippen LogP contribution in [0.1, 0.15) is 13.3 Å². The summed E-state index contributed by atoms with van der Waals surface area (Å²) < 4.78 is 39.1. The summed E-state index contributed by atoms with van der Waals surface area (Å²) in [6.07, 6.45) is 2.85. The molecule has 0 unspecified atom stereocenters. The van der Waals surface area contributed by atoms with Crippen LogP contribution >= 0.6 is 0 Å². The summed E-state index contributed by atoms with van der Waals surface area (Å²) >= 11 is 0. The van der Waals surface area contributed by atoms with E-state index < -0.39 is 10.4 Å². The number of quaternary nitrogens is 1. The summed E-state index contributed by atoms with van der Waals surface area (Å²) in [6.45, 7) is 7.14. The molecular formula is C6H16NO5S-. The lowest BCUT2D eigenvalue weighted by molar-refractivity contribution is 0.163. The molecule has 0 amide bonds. The third kappa shape index (κ3) is 84.0. The lowest BCUT2D eigenvalue weighted by Crippen LogP contribution is -1.91. The van der Waals surface area contributed by atoms with Crippen molar-refractivity contribution < 1.29 is 22.3 Å². The molecule has 7 heteroatoms. The first-order valence-corrected chi connectivity index (χ1v) is 4.60. The Hall–Kier alpha value is -0.470.